The number of rotatable bonds is 3. The molecule has 1 aromatic carbocycles. The summed E-state index contributed by atoms with van der Waals surface area (Å²) in [5, 5.41) is 3.24. The number of hydrogen-bond acceptors (Lipinski definition) is 4. The van der Waals surface area contributed by atoms with Crippen molar-refractivity contribution >= 4 is 17.4 Å². The summed E-state index contributed by atoms with van der Waals surface area (Å²) < 4.78 is 0. The van der Waals surface area contributed by atoms with Crippen molar-refractivity contribution in [3.8, 4) is 0 Å². The molecule has 1 N–H and O–H groups in total. The molecule has 114 valence electrons. The number of carbonyl (C=O) groups is 1. The Bertz CT molecular complexity index is 676. The van der Waals surface area contributed by atoms with Gasteiger partial charge in [-0.3, -0.25) is 4.79 Å². The Kier molecular flexibility index (Phi) is 4.04. The summed E-state index contributed by atoms with van der Waals surface area (Å²) in [5.74, 6) is 1.24. The van der Waals surface area contributed by atoms with Crippen molar-refractivity contribution in [1.82, 2.24) is 14.9 Å². The van der Waals surface area contributed by atoms with Gasteiger partial charge in [-0.15, -0.1) is 0 Å². The lowest BCUT2D eigenvalue weighted by molar-refractivity contribution is 0.0786. The Labute approximate surface area is 130 Å². The Morgan fingerprint density at radius 1 is 1.09 bits per heavy atom. The first-order valence-corrected chi connectivity index (χ1v) is 7.60. The van der Waals surface area contributed by atoms with Crippen LogP contribution in [0, 0.1) is 13.8 Å². The summed E-state index contributed by atoms with van der Waals surface area (Å²) in [6.45, 7) is 5.50. The third kappa shape index (κ3) is 3.24. The van der Waals surface area contributed by atoms with Crippen LogP contribution < -0.4 is 5.32 Å². The zero-order valence-corrected chi connectivity index (χ0v) is 13.0. The van der Waals surface area contributed by atoms with E-state index in [4.69, 9.17) is 0 Å². The lowest BCUT2D eigenvalue weighted by Crippen LogP contribution is -2.28. The van der Waals surface area contributed by atoms with Gasteiger partial charge < -0.3 is 10.2 Å². The van der Waals surface area contributed by atoms with Crippen molar-refractivity contribution in [2.24, 2.45) is 0 Å². The topological polar surface area (TPSA) is 58.1 Å². The van der Waals surface area contributed by atoms with Crippen molar-refractivity contribution < 1.29 is 4.79 Å². The normalized spacial score (nSPS) is 14.2. The van der Waals surface area contributed by atoms with Crippen LogP contribution in [-0.4, -0.2) is 33.9 Å². The van der Waals surface area contributed by atoms with Crippen molar-refractivity contribution in [3.63, 3.8) is 0 Å². The Hall–Kier alpha value is -2.43. The van der Waals surface area contributed by atoms with E-state index in [9.17, 15) is 4.79 Å². The smallest absolute Gasteiger partial charge is 0.272 e. The molecule has 1 aliphatic rings. The van der Waals surface area contributed by atoms with Crippen LogP contribution in [0.4, 0.5) is 11.5 Å². The van der Waals surface area contributed by atoms with Gasteiger partial charge in [-0.25, -0.2) is 9.97 Å². The van der Waals surface area contributed by atoms with Crippen LogP contribution >= 0.6 is 0 Å². The van der Waals surface area contributed by atoms with Gasteiger partial charge in [0.2, 0.25) is 0 Å². The lowest BCUT2D eigenvalue weighted by Gasteiger charge is -2.15. The maximum absolute atomic E-state index is 12.5. The maximum atomic E-state index is 12.5. The molecule has 2 aromatic rings. The quantitative estimate of drug-likeness (QED) is 0.945. The molecule has 0 spiro atoms. The first-order chi connectivity index (χ1) is 10.6. The number of nitrogens with one attached hydrogen (secondary N) is 1. The van der Waals surface area contributed by atoms with Gasteiger partial charge in [0, 0.05) is 24.8 Å². The molecule has 1 aromatic heterocycles. The molecule has 1 amide bonds. The van der Waals surface area contributed by atoms with Crippen LogP contribution in [0.3, 0.4) is 0 Å². The standard InChI is InChI=1S/C17H20N4O/c1-12-5-7-14(8-6-12)20-16-11-15(18-13(2)19-16)17(22)21-9-3-4-10-21/h5-8,11H,3-4,9-10H2,1-2H3,(H,18,19,20). The predicted molar refractivity (Wildman–Crippen MR) is 86.4 cm³/mol. The number of benzene rings is 1. The minimum atomic E-state index is -0.00467. The van der Waals surface area contributed by atoms with E-state index in [1.807, 2.05) is 36.1 Å². The number of carbonyl (C=O) groups excluding carboxylic acids is 1. The zero-order valence-electron chi connectivity index (χ0n) is 13.0. The minimum absolute atomic E-state index is 0.00467. The first kappa shape index (κ1) is 14.5. The SMILES string of the molecule is Cc1ccc(Nc2cc(C(=O)N3CCCC3)nc(C)n2)cc1. The average molecular weight is 296 g/mol. The van der Waals surface area contributed by atoms with Crippen LogP contribution in [0.15, 0.2) is 30.3 Å². The monoisotopic (exact) mass is 296 g/mol. The summed E-state index contributed by atoms with van der Waals surface area (Å²) in [7, 11) is 0. The van der Waals surface area contributed by atoms with E-state index in [0.717, 1.165) is 31.6 Å². The zero-order chi connectivity index (χ0) is 15.5. The second kappa shape index (κ2) is 6.13. The molecule has 0 saturated carbocycles. The molecule has 0 unspecified atom stereocenters. The van der Waals surface area contributed by atoms with Gasteiger partial charge in [-0.1, -0.05) is 17.7 Å². The van der Waals surface area contributed by atoms with Gasteiger partial charge in [-0.05, 0) is 38.8 Å². The van der Waals surface area contributed by atoms with Gasteiger partial charge in [0.15, 0.2) is 0 Å². The van der Waals surface area contributed by atoms with Gasteiger partial charge in [0.25, 0.3) is 5.91 Å². The fourth-order valence-electron chi connectivity index (χ4n) is 2.61. The lowest BCUT2D eigenvalue weighted by atomic mass is 10.2. The Balaban J connectivity index is 1.82. The first-order valence-electron chi connectivity index (χ1n) is 7.60. The molecule has 5 nitrogen and oxygen atoms in total. The second-order valence-electron chi connectivity index (χ2n) is 5.68. The van der Waals surface area contributed by atoms with E-state index < -0.39 is 0 Å². The molecule has 5 heteroatoms. The molecule has 2 heterocycles. The third-order valence-corrected chi connectivity index (χ3v) is 3.77. The van der Waals surface area contributed by atoms with Crippen molar-refractivity contribution in [2.75, 3.05) is 18.4 Å². The number of nitrogens with zero attached hydrogens (tertiary/aromatic N) is 3. The van der Waals surface area contributed by atoms with Gasteiger partial charge in [-0.2, -0.15) is 0 Å². The minimum Gasteiger partial charge on any atom is -0.340 e. The summed E-state index contributed by atoms with van der Waals surface area (Å²) in [6.07, 6.45) is 2.15. The number of aromatic nitrogens is 2. The molecule has 0 radical (unpaired) electrons. The van der Waals surface area contributed by atoms with E-state index >= 15 is 0 Å². The highest BCUT2D eigenvalue weighted by atomic mass is 16.2. The van der Waals surface area contributed by atoms with Gasteiger partial charge >= 0.3 is 0 Å². The molecule has 1 fully saturated rings. The van der Waals surface area contributed by atoms with E-state index in [2.05, 4.69) is 15.3 Å². The maximum Gasteiger partial charge on any atom is 0.272 e. The van der Waals surface area contributed by atoms with E-state index in [1.165, 1.54) is 5.56 Å². The highest BCUT2D eigenvalue weighted by Gasteiger charge is 2.21. The fraction of sp³-hybridized carbons (Fsp3) is 0.353. The number of likely N-dealkylation sites (tertiary alicyclic amines) is 1. The van der Waals surface area contributed by atoms with Crippen molar-refractivity contribution in [2.45, 2.75) is 26.7 Å². The molecule has 22 heavy (non-hydrogen) atoms. The molecule has 0 atom stereocenters. The third-order valence-electron chi connectivity index (χ3n) is 3.77. The van der Waals surface area contributed by atoms with Crippen LogP contribution in [-0.2, 0) is 0 Å². The highest BCUT2D eigenvalue weighted by Crippen LogP contribution is 2.18. The van der Waals surface area contributed by atoms with Crippen LogP contribution in [0.1, 0.15) is 34.7 Å². The number of anilines is 2. The molecule has 0 aliphatic carbocycles. The van der Waals surface area contributed by atoms with Crippen molar-refractivity contribution in [3.05, 3.63) is 47.4 Å². The number of aryl methyl sites for hydroxylation is 2. The van der Waals surface area contributed by atoms with Gasteiger partial charge in [0.05, 0.1) is 0 Å². The fourth-order valence-corrected chi connectivity index (χ4v) is 2.61. The van der Waals surface area contributed by atoms with Gasteiger partial charge in [0.1, 0.15) is 17.3 Å². The van der Waals surface area contributed by atoms with Crippen LogP contribution in [0.25, 0.3) is 0 Å². The van der Waals surface area contributed by atoms with E-state index in [-0.39, 0.29) is 5.91 Å². The largest absolute Gasteiger partial charge is 0.340 e. The summed E-state index contributed by atoms with van der Waals surface area (Å²) in [6, 6.07) is 9.79. The average Bonchev–Trinajstić information content (AvgIpc) is 3.02. The Morgan fingerprint density at radius 2 is 1.77 bits per heavy atom. The summed E-state index contributed by atoms with van der Waals surface area (Å²) >= 11 is 0. The van der Waals surface area contributed by atoms with Crippen LogP contribution in [0.5, 0.6) is 0 Å². The van der Waals surface area contributed by atoms with Crippen molar-refractivity contribution in [1.29, 1.82) is 0 Å². The molecule has 0 bridgehead atoms. The number of hydrogen-bond donors (Lipinski definition) is 1. The molecular formula is C17H20N4O. The van der Waals surface area contributed by atoms with E-state index in [0.29, 0.717) is 17.3 Å². The molecular weight excluding hydrogens is 276 g/mol. The van der Waals surface area contributed by atoms with E-state index in [1.54, 1.807) is 13.0 Å². The van der Waals surface area contributed by atoms with Crippen LogP contribution in [0.2, 0.25) is 0 Å². The highest BCUT2D eigenvalue weighted by molar-refractivity contribution is 5.93. The number of amides is 1. The molecule has 1 aliphatic heterocycles. The Morgan fingerprint density at radius 3 is 2.45 bits per heavy atom. The summed E-state index contributed by atoms with van der Waals surface area (Å²) in [5.41, 5.74) is 2.61. The summed E-state index contributed by atoms with van der Waals surface area (Å²) in [4.78, 5) is 23.0. The molecule has 3 rings (SSSR count). The predicted octanol–water partition coefficient (Wildman–Crippen LogP) is 3.07. The second-order valence-corrected chi connectivity index (χ2v) is 5.68. The molecule has 1 saturated heterocycles.